The summed E-state index contributed by atoms with van der Waals surface area (Å²) >= 11 is 0. The van der Waals surface area contributed by atoms with Gasteiger partial charge in [-0.05, 0) is 50.2 Å². The molecule has 148 valence electrons. The van der Waals surface area contributed by atoms with Crippen molar-refractivity contribution in [1.29, 1.82) is 0 Å². The Morgan fingerprint density at radius 2 is 1.93 bits per heavy atom. The van der Waals surface area contributed by atoms with Crippen molar-refractivity contribution < 1.29 is 19.2 Å². The summed E-state index contributed by atoms with van der Waals surface area (Å²) in [4.78, 5) is 30.1. The van der Waals surface area contributed by atoms with Gasteiger partial charge in [0.2, 0.25) is 0 Å². The Labute approximate surface area is 161 Å². The minimum absolute atomic E-state index is 0.00480. The molecule has 8 nitrogen and oxygen atoms in total. The third-order valence-corrected chi connectivity index (χ3v) is 4.97. The molecule has 1 aliphatic heterocycles. The average Bonchev–Trinajstić information content (AvgIpc) is 2.67. The highest BCUT2D eigenvalue weighted by atomic mass is 19.1. The Hall–Kier alpha value is -3.07. The highest BCUT2D eigenvalue weighted by Gasteiger charge is 2.26. The minimum atomic E-state index is -0.856. The number of nitro groups is 1. The zero-order chi connectivity index (χ0) is 20.3. The number of benzene rings is 1. The van der Waals surface area contributed by atoms with Crippen LogP contribution in [0, 0.1) is 15.9 Å². The lowest BCUT2D eigenvalue weighted by Crippen LogP contribution is -2.45. The quantitative estimate of drug-likeness (QED) is 0.600. The Bertz CT molecular complexity index is 867. The van der Waals surface area contributed by atoms with Crippen LogP contribution in [-0.2, 0) is 4.79 Å². The maximum atomic E-state index is 13.2. The average molecular weight is 388 g/mol. The van der Waals surface area contributed by atoms with Gasteiger partial charge >= 0.3 is 5.97 Å². The molecule has 9 heteroatoms. The van der Waals surface area contributed by atoms with Crippen LogP contribution in [0.5, 0.6) is 0 Å². The van der Waals surface area contributed by atoms with Gasteiger partial charge in [0.1, 0.15) is 11.6 Å². The fourth-order valence-corrected chi connectivity index (χ4v) is 3.46. The van der Waals surface area contributed by atoms with Crippen molar-refractivity contribution in [3.8, 4) is 11.3 Å². The number of nitrogens with zero attached hydrogens (tertiary/aromatic N) is 4. The van der Waals surface area contributed by atoms with Crippen LogP contribution in [0.4, 0.5) is 15.9 Å². The van der Waals surface area contributed by atoms with E-state index in [1.54, 1.807) is 13.1 Å². The largest absolute Gasteiger partial charge is 0.480 e. The summed E-state index contributed by atoms with van der Waals surface area (Å²) in [6.07, 6.45) is 1.54. The molecule has 2 aromatic rings. The van der Waals surface area contributed by atoms with Crippen molar-refractivity contribution in [1.82, 2.24) is 9.88 Å². The lowest BCUT2D eigenvalue weighted by molar-refractivity contribution is -0.384. The van der Waals surface area contributed by atoms with Gasteiger partial charge in [0.05, 0.1) is 11.5 Å². The topological polar surface area (TPSA) is 99.8 Å². The van der Waals surface area contributed by atoms with Crippen LogP contribution < -0.4 is 4.90 Å². The molecular weight excluding hydrogens is 367 g/mol. The van der Waals surface area contributed by atoms with E-state index in [2.05, 4.69) is 4.98 Å². The van der Waals surface area contributed by atoms with E-state index in [-0.39, 0.29) is 24.0 Å². The highest BCUT2D eigenvalue weighted by Crippen LogP contribution is 2.31. The van der Waals surface area contributed by atoms with E-state index >= 15 is 0 Å². The van der Waals surface area contributed by atoms with Gasteiger partial charge in [0.15, 0.2) is 5.69 Å². The van der Waals surface area contributed by atoms with Gasteiger partial charge < -0.3 is 10.0 Å². The van der Waals surface area contributed by atoms with Crippen molar-refractivity contribution in [2.75, 3.05) is 31.6 Å². The summed E-state index contributed by atoms with van der Waals surface area (Å²) in [5.41, 5.74) is 0.546. The number of carboxylic acids is 1. The second kappa shape index (κ2) is 8.30. The van der Waals surface area contributed by atoms with E-state index in [4.69, 9.17) is 5.11 Å². The number of anilines is 1. The second-order valence-electron chi connectivity index (χ2n) is 6.83. The molecule has 2 heterocycles. The summed E-state index contributed by atoms with van der Waals surface area (Å²) in [6.45, 7) is 1.33. The normalized spacial score (nSPS) is 15.0. The maximum Gasteiger partial charge on any atom is 0.317 e. The number of carboxylic acid groups (broad SMARTS) is 1. The first kappa shape index (κ1) is 19.7. The third-order valence-electron chi connectivity index (χ3n) is 4.97. The number of hydrogen-bond acceptors (Lipinski definition) is 6. The Morgan fingerprint density at radius 1 is 1.29 bits per heavy atom. The first-order chi connectivity index (χ1) is 13.3. The molecule has 1 saturated heterocycles. The molecule has 0 amide bonds. The fraction of sp³-hybridized carbons (Fsp3) is 0.368. The number of hydrogen-bond donors (Lipinski definition) is 1. The van der Waals surface area contributed by atoms with E-state index < -0.39 is 16.7 Å². The molecule has 1 fully saturated rings. The third kappa shape index (κ3) is 4.42. The van der Waals surface area contributed by atoms with Gasteiger partial charge in [-0.15, -0.1) is 0 Å². The molecule has 0 unspecified atom stereocenters. The number of piperidine rings is 1. The molecule has 1 aromatic heterocycles. The molecule has 0 saturated carbocycles. The van der Waals surface area contributed by atoms with Crippen molar-refractivity contribution in [2.45, 2.75) is 18.9 Å². The molecule has 1 aromatic carbocycles. The standard InChI is InChI=1S/C19H21FN4O4/c1-22(12-18(25)26)15-8-10-23(11-9-15)17-7-6-16(24(27)28)19(21-17)13-2-4-14(20)5-3-13/h2-7,15H,8-12H2,1H3,(H,25,26). The summed E-state index contributed by atoms with van der Waals surface area (Å²) in [7, 11) is 1.80. The lowest BCUT2D eigenvalue weighted by atomic mass is 10.0. The molecular formula is C19H21FN4O4. The van der Waals surface area contributed by atoms with E-state index in [1.165, 1.54) is 30.3 Å². The molecule has 0 spiro atoms. The van der Waals surface area contributed by atoms with Crippen molar-refractivity contribution in [3.05, 3.63) is 52.3 Å². The molecule has 0 bridgehead atoms. The van der Waals surface area contributed by atoms with Crippen molar-refractivity contribution in [3.63, 3.8) is 0 Å². The van der Waals surface area contributed by atoms with Gasteiger partial charge in [-0.1, -0.05) is 0 Å². The van der Waals surface area contributed by atoms with Crippen LogP contribution in [-0.4, -0.2) is 58.6 Å². The van der Waals surface area contributed by atoms with Crippen molar-refractivity contribution in [2.24, 2.45) is 0 Å². The zero-order valence-corrected chi connectivity index (χ0v) is 15.4. The molecule has 1 N–H and O–H groups in total. The Morgan fingerprint density at radius 3 is 2.50 bits per heavy atom. The number of pyridine rings is 1. The zero-order valence-electron chi connectivity index (χ0n) is 15.4. The molecule has 28 heavy (non-hydrogen) atoms. The first-order valence-corrected chi connectivity index (χ1v) is 8.93. The smallest absolute Gasteiger partial charge is 0.317 e. The fourth-order valence-electron chi connectivity index (χ4n) is 3.46. The monoisotopic (exact) mass is 388 g/mol. The Balaban J connectivity index is 1.80. The van der Waals surface area contributed by atoms with Crippen LogP contribution in [0.1, 0.15) is 12.8 Å². The van der Waals surface area contributed by atoms with Crippen LogP contribution in [0.3, 0.4) is 0 Å². The van der Waals surface area contributed by atoms with Crippen LogP contribution in [0.2, 0.25) is 0 Å². The van der Waals surface area contributed by atoms with Gasteiger partial charge in [-0.3, -0.25) is 19.8 Å². The number of aromatic nitrogens is 1. The predicted molar refractivity (Wildman–Crippen MR) is 102 cm³/mol. The van der Waals surface area contributed by atoms with E-state index in [0.29, 0.717) is 24.5 Å². The number of likely N-dealkylation sites (N-methyl/N-ethyl adjacent to an activating group) is 1. The summed E-state index contributed by atoms with van der Waals surface area (Å²) in [5, 5.41) is 20.3. The van der Waals surface area contributed by atoms with Gasteiger partial charge in [-0.2, -0.15) is 0 Å². The van der Waals surface area contributed by atoms with E-state index in [9.17, 15) is 19.3 Å². The maximum absolute atomic E-state index is 13.2. The lowest BCUT2D eigenvalue weighted by Gasteiger charge is -2.36. The number of aliphatic carboxylic acids is 1. The SMILES string of the molecule is CN(CC(=O)O)C1CCN(c2ccc([N+](=O)[O-])c(-c3ccc(F)cc3)n2)CC1. The first-order valence-electron chi connectivity index (χ1n) is 8.93. The molecule has 0 aliphatic carbocycles. The minimum Gasteiger partial charge on any atom is -0.480 e. The Kier molecular flexibility index (Phi) is 5.84. The summed E-state index contributed by atoms with van der Waals surface area (Å²) < 4.78 is 13.2. The van der Waals surface area contributed by atoms with Crippen LogP contribution in [0.25, 0.3) is 11.3 Å². The molecule has 3 rings (SSSR count). The number of halogens is 1. The highest BCUT2D eigenvalue weighted by molar-refractivity contribution is 5.71. The number of rotatable bonds is 6. The van der Waals surface area contributed by atoms with Crippen molar-refractivity contribution >= 4 is 17.5 Å². The second-order valence-corrected chi connectivity index (χ2v) is 6.83. The molecule has 0 atom stereocenters. The summed E-state index contributed by atoms with van der Waals surface area (Å²) in [6, 6.07) is 8.65. The van der Waals surface area contributed by atoms with E-state index in [1.807, 2.05) is 9.80 Å². The summed E-state index contributed by atoms with van der Waals surface area (Å²) in [5.74, 6) is -0.662. The number of carbonyl (C=O) groups is 1. The molecule has 1 aliphatic rings. The van der Waals surface area contributed by atoms with Gasteiger partial charge in [-0.25, -0.2) is 9.37 Å². The van der Waals surface area contributed by atoms with E-state index in [0.717, 1.165) is 12.8 Å². The predicted octanol–water partition coefficient (Wildman–Crippen LogP) is 2.78. The van der Waals surface area contributed by atoms with Gasteiger partial charge in [0, 0.05) is 30.8 Å². The van der Waals surface area contributed by atoms with Gasteiger partial charge in [0.25, 0.3) is 5.69 Å². The molecule has 0 radical (unpaired) electrons. The van der Waals surface area contributed by atoms with Crippen LogP contribution in [0.15, 0.2) is 36.4 Å². The van der Waals surface area contributed by atoms with Crippen LogP contribution >= 0.6 is 0 Å².